The van der Waals surface area contributed by atoms with Crippen LogP contribution in [0.2, 0.25) is 5.02 Å². The van der Waals surface area contributed by atoms with Crippen LogP contribution in [0, 0.1) is 0 Å². The number of nitrogens with zero attached hydrogens (tertiary/aromatic N) is 2. The van der Waals surface area contributed by atoms with Crippen molar-refractivity contribution < 1.29 is 22.7 Å². The third-order valence-electron chi connectivity index (χ3n) is 3.72. The molecule has 0 aliphatic rings. The van der Waals surface area contributed by atoms with Crippen LogP contribution in [0.4, 0.5) is 13.2 Å². The number of ether oxygens (including phenoxy) is 1. The van der Waals surface area contributed by atoms with Crippen LogP contribution in [0.5, 0.6) is 5.75 Å². The van der Waals surface area contributed by atoms with Crippen LogP contribution in [0.3, 0.4) is 0 Å². The van der Waals surface area contributed by atoms with Crippen molar-refractivity contribution in [1.82, 2.24) is 9.47 Å². The van der Waals surface area contributed by atoms with E-state index in [4.69, 9.17) is 16.3 Å². The first-order chi connectivity index (χ1) is 11.8. The van der Waals surface area contributed by atoms with Crippen LogP contribution in [-0.2, 0) is 0 Å². The topological polar surface area (TPSA) is 34.5 Å². The van der Waals surface area contributed by atoms with Gasteiger partial charge in [-0.15, -0.1) is 0 Å². The van der Waals surface area contributed by atoms with Gasteiger partial charge in [-0.1, -0.05) is 11.6 Å². The average Bonchev–Trinajstić information content (AvgIpc) is 3.08. The summed E-state index contributed by atoms with van der Waals surface area (Å²) in [7, 11) is 1.39. The van der Waals surface area contributed by atoms with Gasteiger partial charge in [-0.2, -0.15) is 13.2 Å². The first-order valence-corrected chi connectivity index (χ1v) is 8.01. The van der Waals surface area contributed by atoms with Crippen molar-refractivity contribution >= 4 is 17.5 Å². The predicted octanol–water partition coefficient (Wildman–Crippen LogP) is 4.55. The van der Waals surface area contributed by atoms with E-state index in [1.807, 2.05) is 12.1 Å². The highest BCUT2D eigenvalue weighted by Gasteiger charge is 2.29. The van der Waals surface area contributed by atoms with Crippen molar-refractivity contribution in [3.63, 3.8) is 0 Å². The van der Waals surface area contributed by atoms with Gasteiger partial charge in [0.1, 0.15) is 5.75 Å². The smallest absolute Gasteiger partial charge is 0.390 e. The lowest BCUT2D eigenvalue weighted by molar-refractivity contribution is -0.136. The minimum absolute atomic E-state index is 0.132. The van der Waals surface area contributed by atoms with Crippen molar-refractivity contribution in [3.8, 4) is 11.4 Å². The number of aromatic nitrogens is 1. The Morgan fingerprint density at radius 3 is 2.44 bits per heavy atom. The van der Waals surface area contributed by atoms with Crippen LogP contribution in [0.25, 0.3) is 5.69 Å². The number of carbonyl (C=O) groups is 1. The molecule has 0 unspecified atom stereocenters. The second-order valence-corrected chi connectivity index (χ2v) is 5.75. The molecule has 1 heterocycles. The summed E-state index contributed by atoms with van der Waals surface area (Å²) >= 11 is 6.26. The number of rotatable bonds is 6. The van der Waals surface area contributed by atoms with Gasteiger partial charge in [-0.25, -0.2) is 0 Å². The summed E-state index contributed by atoms with van der Waals surface area (Å²) in [5, 5.41) is 0.298. The second kappa shape index (κ2) is 7.82. The zero-order valence-electron chi connectivity index (χ0n) is 13.8. The van der Waals surface area contributed by atoms with Gasteiger partial charge < -0.3 is 14.2 Å². The highest BCUT2D eigenvalue weighted by molar-refractivity contribution is 6.33. The number of benzene rings is 1. The maximum Gasteiger partial charge on any atom is 0.390 e. The summed E-state index contributed by atoms with van der Waals surface area (Å²) in [4.78, 5) is 13.8. The SMILES string of the molecule is CCN(CCC(F)(F)F)C(=O)c1cc(Cl)c(-n2cccc2)cc1OC. The van der Waals surface area contributed by atoms with Gasteiger partial charge in [-0.05, 0) is 25.1 Å². The van der Waals surface area contributed by atoms with Gasteiger partial charge in [0.15, 0.2) is 0 Å². The number of alkyl halides is 3. The quantitative estimate of drug-likeness (QED) is 0.743. The van der Waals surface area contributed by atoms with Gasteiger partial charge in [0.05, 0.1) is 29.8 Å². The molecule has 0 spiro atoms. The standard InChI is InChI=1S/C17H18ClF3N2O2/c1-3-22(9-6-17(19,20)21)16(24)12-10-13(18)14(11-15(12)25-2)23-7-4-5-8-23/h4-5,7-8,10-11H,3,6,9H2,1-2H3. The van der Waals surface area contributed by atoms with E-state index in [1.165, 1.54) is 13.2 Å². The summed E-state index contributed by atoms with van der Waals surface area (Å²) in [6.07, 6.45) is -1.83. The van der Waals surface area contributed by atoms with Crippen LogP contribution >= 0.6 is 11.6 Å². The molecule has 1 amide bonds. The van der Waals surface area contributed by atoms with Crippen LogP contribution in [-0.4, -0.2) is 41.7 Å². The Balaban J connectivity index is 2.33. The Hall–Kier alpha value is -2.15. The third-order valence-corrected chi connectivity index (χ3v) is 4.02. The lowest BCUT2D eigenvalue weighted by atomic mass is 10.1. The summed E-state index contributed by atoms with van der Waals surface area (Å²) in [5.74, 6) is -0.298. The van der Waals surface area contributed by atoms with E-state index in [9.17, 15) is 18.0 Å². The van der Waals surface area contributed by atoms with Gasteiger partial charge >= 0.3 is 6.18 Å². The van der Waals surface area contributed by atoms with Crippen molar-refractivity contribution in [1.29, 1.82) is 0 Å². The molecular weight excluding hydrogens is 357 g/mol. The molecule has 2 rings (SSSR count). The molecule has 0 N–H and O–H groups in total. The Bertz CT molecular complexity index is 730. The first kappa shape index (κ1) is 19.2. The molecule has 1 aromatic carbocycles. The fraction of sp³-hybridized carbons (Fsp3) is 0.353. The molecule has 0 bridgehead atoms. The molecule has 0 saturated carbocycles. The van der Waals surface area contributed by atoms with Crippen LogP contribution < -0.4 is 4.74 Å². The number of hydrogen-bond donors (Lipinski definition) is 0. The van der Waals surface area contributed by atoms with Crippen molar-refractivity contribution in [2.75, 3.05) is 20.2 Å². The number of carbonyl (C=O) groups excluding carboxylic acids is 1. The van der Waals surface area contributed by atoms with Crippen LogP contribution in [0.15, 0.2) is 36.7 Å². The molecule has 0 aliphatic carbocycles. The number of methoxy groups -OCH3 is 1. The minimum atomic E-state index is -4.33. The fourth-order valence-electron chi connectivity index (χ4n) is 2.41. The van der Waals surface area contributed by atoms with Gasteiger partial charge in [0.2, 0.25) is 0 Å². The fourth-order valence-corrected chi connectivity index (χ4v) is 2.67. The monoisotopic (exact) mass is 374 g/mol. The zero-order chi connectivity index (χ0) is 18.6. The molecule has 0 atom stereocenters. The molecule has 0 aliphatic heterocycles. The van der Waals surface area contributed by atoms with E-state index in [2.05, 4.69) is 0 Å². The highest BCUT2D eigenvalue weighted by atomic mass is 35.5. The Kier molecular flexibility index (Phi) is 6.00. The first-order valence-electron chi connectivity index (χ1n) is 7.63. The highest BCUT2D eigenvalue weighted by Crippen LogP contribution is 2.31. The maximum absolute atomic E-state index is 12.6. The largest absolute Gasteiger partial charge is 0.496 e. The van der Waals surface area contributed by atoms with E-state index in [0.717, 1.165) is 4.90 Å². The molecule has 2 aromatic rings. The van der Waals surface area contributed by atoms with Crippen LogP contribution in [0.1, 0.15) is 23.7 Å². The Morgan fingerprint density at radius 1 is 1.28 bits per heavy atom. The molecule has 136 valence electrons. The molecule has 1 aromatic heterocycles. The molecular formula is C17H18ClF3N2O2. The molecule has 0 radical (unpaired) electrons. The molecule has 4 nitrogen and oxygen atoms in total. The van der Waals surface area contributed by atoms with E-state index in [-0.39, 0.29) is 17.9 Å². The summed E-state index contributed by atoms with van der Waals surface area (Å²) in [6, 6.07) is 6.65. The number of amides is 1. The van der Waals surface area contributed by atoms with Gasteiger partial charge in [0.25, 0.3) is 5.91 Å². The third kappa shape index (κ3) is 4.69. The number of halogens is 4. The second-order valence-electron chi connectivity index (χ2n) is 5.34. The molecule has 25 heavy (non-hydrogen) atoms. The Labute approximate surface area is 148 Å². The van der Waals surface area contributed by atoms with Gasteiger partial charge in [0, 0.05) is 31.5 Å². The van der Waals surface area contributed by atoms with Crippen molar-refractivity contribution in [3.05, 3.63) is 47.2 Å². The van der Waals surface area contributed by atoms with Crippen molar-refractivity contribution in [2.24, 2.45) is 0 Å². The molecule has 0 saturated heterocycles. The lowest BCUT2D eigenvalue weighted by Crippen LogP contribution is -2.34. The Morgan fingerprint density at radius 2 is 1.92 bits per heavy atom. The summed E-state index contributed by atoms with van der Waals surface area (Å²) in [5.41, 5.74) is 0.742. The van der Waals surface area contributed by atoms with Gasteiger partial charge in [-0.3, -0.25) is 4.79 Å². The molecule has 8 heteroatoms. The van der Waals surface area contributed by atoms with E-state index < -0.39 is 25.0 Å². The number of hydrogen-bond acceptors (Lipinski definition) is 2. The zero-order valence-corrected chi connectivity index (χ0v) is 14.6. The predicted molar refractivity (Wildman–Crippen MR) is 89.6 cm³/mol. The average molecular weight is 375 g/mol. The summed E-state index contributed by atoms with van der Waals surface area (Å²) < 4.78 is 44.4. The summed E-state index contributed by atoms with van der Waals surface area (Å²) in [6.45, 7) is 1.35. The maximum atomic E-state index is 12.6. The van der Waals surface area contributed by atoms with Crippen molar-refractivity contribution in [2.45, 2.75) is 19.5 Å². The normalized spacial score (nSPS) is 11.4. The molecule has 0 fully saturated rings. The lowest BCUT2D eigenvalue weighted by Gasteiger charge is -2.23. The van der Waals surface area contributed by atoms with E-state index in [0.29, 0.717) is 10.7 Å². The van der Waals surface area contributed by atoms with E-state index >= 15 is 0 Å². The minimum Gasteiger partial charge on any atom is -0.496 e. The van der Waals surface area contributed by atoms with E-state index in [1.54, 1.807) is 30.0 Å².